The van der Waals surface area contributed by atoms with E-state index in [1.165, 1.54) is 19.3 Å². The van der Waals surface area contributed by atoms with Crippen LogP contribution in [0, 0.1) is 13.8 Å². The van der Waals surface area contributed by atoms with E-state index in [0.29, 0.717) is 12.2 Å². The van der Waals surface area contributed by atoms with Gasteiger partial charge in [-0.2, -0.15) is 0 Å². The largest absolute Gasteiger partial charge is 0.351 e. The van der Waals surface area contributed by atoms with Crippen molar-refractivity contribution in [2.75, 3.05) is 4.90 Å². The molecule has 2 aromatic carbocycles. The Kier molecular flexibility index (Phi) is 5.97. The number of carbonyl (C=O) groups is 2. The second-order valence-corrected chi connectivity index (χ2v) is 10.4. The Balaban J connectivity index is 1.60. The van der Waals surface area contributed by atoms with E-state index >= 15 is 0 Å². The Labute approximate surface area is 202 Å². The average molecular weight is 458 g/mol. The van der Waals surface area contributed by atoms with Gasteiger partial charge in [0.25, 0.3) is 5.91 Å². The lowest BCUT2D eigenvalue weighted by Crippen LogP contribution is -2.65. The molecule has 2 amide bonds. The van der Waals surface area contributed by atoms with Crippen molar-refractivity contribution in [3.8, 4) is 0 Å². The molecule has 0 unspecified atom stereocenters. The first-order chi connectivity index (χ1) is 16.4. The van der Waals surface area contributed by atoms with E-state index in [4.69, 9.17) is 0 Å². The first kappa shape index (κ1) is 22.7. The highest BCUT2D eigenvalue weighted by atomic mass is 16.2. The number of amides is 2. The summed E-state index contributed by atoms with van der Waals surface area (Å²) in [5.74, 6) is -0.178. The van der Waals surface area contributed by atoms with Crippen molar-refractivity contribution in [1.82, 2.24) is 9.88 Å². The average Bonchev–Trinajstić information content (AvgIpc) is 3.16. The molecule has 1 fully saturated rings. The van der Waals surface area contributed by atoms with Crippen molar-refractivity contribution in [1.29, 1.82) is 0 Å². The van der Waals surface area contributed by atoms with E-state index in [9.17, 15) is 9.59 Å². The van der Waals surface area contributed by atoms with Crippen molar-refractivity contribution in [2.45, 2.75) is 83.8 Å². The van der Waals surface area contributed by atoms with Crippen LogP contribution in [0.1, 0.15) is 73.5 Å². The van der Waals surface area contributed by atoms with E-state index in [-0.39, 0.29) is 17.9 Å². The maximum Gasteiger partial charge on any atom is 0.275 e. The molecule has 0 spiro atoms. The van der Waals surface area contributed by atoms with Crippen LogP contribution >= 0.6 is 0 Å². The summed E-state index contributed by atoms with van der Waals surface area (Å²) in [6.07, 6.45) is 8.07. The molecule has 178 valence electrons. The van der Waals surface area contributed by atoms with Crippen LogP contribution in [0.25, 0.3) is 10.9 Å². The lowest BCUT2D eigenvalue weighted by atomic mass is 9.90. The van der Waals surface area contributed by atoms with Gasteiger partial charge in [0.05, 0.1) is 6.54 Å². The van der Waals surface area contributed by atoms with Gasteiger partial charge in [-0.25, -0.2) is 0 Å². The highest BCUT2D eigenvalue weighted by Gasteiger charge is 2.49. The molecule has 5 nitrogen and oxygen atoms in total. The van der Waals surface area contributed by atoms with Gasteiger partial charge < -0.3 is 9.88 Å². The molecule has 5 rings (SSSR count). The maximum atomic E-state index is 14.1. The molecule has 1 aliphatic heterocycles. The van der Waals surface area contributed by atoms with Crippen LogP contribution in [0.4, 0.5) is 5.69 Å². The zero-order valence-electron chi connectivity index (χ0n) is 20.6. The van der Waals surface area contributed by atoms with Crippen LogP contribution in [0.15, 0.2) is 48.5 Å². The zero-order chi connectivity index (χ0) is 23.9. The summed E-state index contributed by atoms with van der Waals surface area (Å²) in [5.41, 5.74) is 3.48. The molecule has 1 atom stereocenters. The third kappa shape index (κ3) is 3.91. The van der Waals surface area contributed by atoms with Gasteiger partial charge in [0.15, 0.2) is 0 Å². The van der Waals surface area contributed by atoms with Gasteiger partial charge in [-0.05, 0) is 62.9 Å². The van der Waals surface area contributed by atoms with Gasteiger partial charge in [-0.15, -0.1) is 0 Å². The summed E-state index contributed by atoms with van der Waals surface area (Å²) < 4.78 is 2.04. The van der Waals surface area contributed by atoms with Gasteiger partial charge in [0.1, 0.15) is 11.2 Å². The second-order valence-electron chi connectivity index (χ2n) is 10.4. The number of aryl methyl sites for hydroxylation is 2. The molecule has 1 aromatic heterocycles. The number of hydrogen-bond acceptors (Lipinski definition) is 2. The molecule has 5 heteroatoms. The van der Waals surface area contributed by atoms with E-state index in [1.807, 2.05) is 67.8 Å². The smallest absolute Gasteiger partial charge is 0.275 e. The van der Waals surface area contributed by atoms with Crippen molar-refractivity contribution in [3.05, 3.63) is 65.4 Å². The molecular formula is C29H35N3O2. The summed E-state index contributed by atoms with van der Waals surface area (Å²) in [7, 11) is 0. The zero-order valence-corrected chi connectivity index (χ0v) is 20.6. The summed E-state index contributed by atoms with van der Waals surface area (Å²) >= 11 is 0. The fourth-order valence-corrected chi connectivity index (χ4v) is 5.73. The van der Waals surface area contributed by atoms with E-state index in [2.05, 4.69) is 11.4 Å². The van der Waals surface area contributed by atoms with Crippen LogP contribution in [-0.2, 0) is 11.3 Å². The van der Waals surface area contributed by atoms with Crippen LogP contribution in [0.2, 0.25) is 0 Å². The first-order valence-corrected chi connectivity index (χ1v) is 12.7. The number of fused-ring (bicyclic) bond motifs is 3. The molecule has 0 bridgehead atoms. The van der Waals surface area contributed by atoms with Gasteiger partial charge in [-0.1, -0.05) is 62.4 Å². The molecular weight excluding hydrogens is 422 g/mol. The van der Waals surface area contributed by atoms with Gasteiger partial charge in [0, 0.05) is 22.6 Å². The SMILES string of the molecule is Cc1ccc(C)c(N2C(=O)c3cc4ccccc4n3C[C@]2(C)C(=O)NC2CCCCCCC2)c1. The summed E-state index contributed by atoms with van der Waals surface area (Å²) in [6, 6.07) is 16.3. The fourth-order valence-electron chi connectivity index (χ4n) is 5.73. The van der Waals surface area contributed by atoms with Crippen LogP contribution in [0.3, 0.4) is 0 Å². The second kappa shape index (κ2) is 8.94. The monoisotopic (exact) mass is 457 g/mol. The lowest BCUT2D eigenvalue weighted by molar-refractivity contribution is -0.127. The number of nitrogens with zero attached hydrogens (tertiary/aromatic N) is 2. The fraction of sp³-hybridized carbons (Fsp3) is 0.448. The number of aromatic nitrogens is 1. The minimum Gasteiger partial charge on any atom is -0.351 e. The van der Waals surface area contributed by atoms with Crippen molar-refractivity contribution in [3.63, 3.8) is 0 Å². The van der Waals surface area contributed by atoms with Crippen molar-refractivity contribution in [2.24, 2.45) is 0 Å². The maximum absolute atomic E-state index is 14.1. The third-order valence-electron chi connectivity index (χ3n) is 7.73. The Bertz CT molecular complexity index is 1240. The van der Waals surface area contributed by atoms with Crippen LogP contribution in [-0.4, -0.2) is 28.0 Å². The molecule has 1 aliphatic carbocycles. The van der Waals surface area contributed by atoms with Gasteiger partial charge >= 0.3 is 0 Å². The molecule has 34 heavy (non-hydrogen) atoms. The van der Waals surface area contributed by atoms with E-state index in [0.717, 1.165) is 53.4 Å². The molecule has 0 saturated heterocycles. The van der Waals surface area contributed by atoms with Crippen LogP contribution in [0.5, 0.6) is 0 Å². The summed E-state index contributed by atoms with van der Waals surface area (Å²) in [6.45, 7) is 6.40. The number of nitrogens with one attached hydrogen (secondary N) is 1. The quantitative estimate of drug-likeness (QED) is 0.532. The van der Waals surface area contributed by atoms with Gasteiger partial charge in [-0.3, -0.25) is 14.5 Å². The number of hydrogen-bond donors (Lipinski definition) is 1. The van der Waals surface area contributed by atoms with Crippen LogP contribution < -0.4 is 10.2 Å². The molecule has 1 N–H and O–H groups in total. The highest BCUT2D eigenvalue weighted by Crippen LogP contribution is 2.38. The number of anilines is 1. The predicted octanol–water partition coefficient (Wildman–Crippen LogP) is 5.91. The number of carbonyl (C=O) groups excluding carboxylic acids is 2. The normalized spacial score (nSPS) is 21.7. The Morgan fingerprint density at radius 3 is 2.44 bits per heavy atom. The Hall–Kier alpha value is -3.08. The first-order valence-electron chi connectivity index (χ1n) is 12.7. The number of rotatable bonds is 3. The summed E-state index contributed by atoms with van der Waals surface area (Å²) in [4.78, 5) is 29.9. The van der Waals surface area contributed by atoms with Crippen molar-refractivity contribution >= 4 is 28.4 Å². The van der Waals surface area contributed by atoms with Gasteiger partial charge in [0.2, 0.25) is 5.91 Å². The molecule has 3 aromatic rings. The molecule has 1 saturated carbocycles. The molecule has 2 heterocycles. The molecule has 0 radical (unpaired) electrons. The topological polar surface area (TPSA) is 54.3 Å². The summed E-state index contributed by atoms with van der Waals surface area (Å²) in [5, 5.41) is 4.40. The predicted molar refractivity (Wildman–Crippen MR) is 137 cm³/mol. The minimum absolute atomic E-state index is 0.0595. The standard InChI is InChI=1S/C29H35N3O2/c1-20-15-16-21(2)25(17-20)32-27(33)26-18-22-11-9-10-14-24(22)31(26)19-29(32,3)28(34)30-23-12-7-5-4-6-8-13-23/h9-11,14-18,23H,4-8,12-13,19H2,1-3H3,(H,30,34)/t29-/m1/s1. The van der Waals surface area contributed by atoms with E-state index < -0.39 is 5.54 Å². The van der Waals surface area contributed by atoms with E-state index in [1.54, 1.807) is 4.90 Å². The van der Waals surface area contributed by atoms with Crippen molar-refractivity contribution < 1.29 is 9.59 Å². The third-order valence-corrected chi connectivity index (χ3v) is 7.73. The number of benzene rings is 2. The Morgan fingerprint density at radius 2 is 1.68 bits per heavy atom. The highest BCUT2D eigenvalue weighted by molar-refractivity contribution is 6.14. The number of para-hydroxylation sites is 1. The minimum atomic E-state index is -1.03. The Morgan fingerprint density at radius 1 is 0.971 bits per heavy atom. The molecule has 2 aliphatic rings. The lowest BCUT2D eigenvalue weighted by Gasteiger charge is -2.45.